The van der Waals surface area contributed by atoms with E-state index in [9.17, 15) is 10.1 Å². The molecule has 116 valence electrons. The van der Waals surface area contributed by atoms with E-state index < -0.39 is 4.92 Å². The van der Waals surface area contributed by atoms with Crippen LogP contribution in [0, 0.1) is 10.1 Å². The monoisotopic (exact) mass is 328 g/mol. The van der Waals surface area contributed by atoms with Crippen molar-refractivity contribution in [3.05, 3.63) is 52.8 Å². The van der Waals surface area contributed by atoms with Gasteiger partial charge in [-0.05, 0) is 18.7 Å². The maximum Gasteiger partial charge on any atom is 0.305 e. The van der Waals surface area contributed by atoms with Gasteiger partial charge in [0.2, 0.25) is 0 Å². The number of nitro groups is 1. The second-order valence-electron chi connectivity index (χ2n) is 4.50. The fraction of sp³-hybridized carbons (Fsp3) is 0.143. The molecular weight excluding hydrogens is 316 g/mol. The Kier molecular flexibility index (Phi) is 4.29. The van der Waals surface area contributed by atoms with Crippen molar-refractivity contribution in [1.29, 1.82) is 0 Å². The molecular formula is C14H12N6O2S. The lowest BCUT2D eigenvalue weighted by Crippen LogP contribution is -2.00. The molecule has 0 aliphatic carbocycles. The van der Waals surface area contributed by atoms with E-state index in [0.29, 0.717) is 16.9 Å². The molecule has 0 atom stereocenters. The van der Waals surface area contributed by atoms with Crippen molar-refractivity contribution in [1.82, 2.24) is 24.7 Å². The van der Waals surface area contributed by atoms with E-state index >= 15 is 0 Å². The molecule has 0 spiro atoms. The topological polar surface area (TPSA) is 99.6 Å². The molecule has 0 aliphatic heterocycles. The van der Waals surface area contributed by atoms with Gasteiger partial charge in [-0.1, -0.05) is 30.3 Å². The van der Waals surface area contributed by atoms with E-state index in [2.05, 4.69) is 20.2 Å². The third-order valence-electron chi connectivity index (χ3n) is 3.07. The van der Waals surface area contributed by atoms with Gasteiger partial charge < -0.3 is 4.57 Å². The van der Waals surface area contributed by atoms with Gasteiger partial charge in [-0.2, -0.15) is 0 Å². The van der Waals surface area contributed by atoms with Gasteiger partial charge in [0.25, 0.3) is 0 Å². The zero-order valence-electron chi connectivity index (χ0n) is 12.2. The first kappa shape index (κ1) is 15.1. The molecule has 23 heavy (non-hydrogen) atoms. The highest BCUT2D eigenvalue weighted by molar-refractivity contribution is 7.99. The lowest BCUT2D eigenvalue weighted by atomic mass is 10.2. The van der Waals surface area contributed by atoms with Gasteiger partial charge in [-0.3, -0.25) is 10.1 Å². The maximum atomic E-state index is 10.6. The molecule has 0 unspecified atom stereocenters. The lowest BCUT2D eigenvalue weighted by molar-refractivity contribution is -0.385. The fourth-order valence-corrected chi connectivity index (χ4v) is 2.77. The summed E-state index contributed by atoms with van der Waals surface area (Å²) in [5.74, 6) is 0.762. The van der Waals surface area contributed by atoms with Crippen LogP contribution in [-0.2, 0) is 6.54 Å². The number of hydrogen-bond acceptors (Lipinski definition) is 7. The van der Waals surface area contributed by atoms with Crippen molar-refractivity contribution in [2.75, 3.05) is 0 Å². The summed E-state index contributed by atoms with van der Waals surface area (Å²) in [6, 6.07) is 9.75. The number of aromatic nitrogens is 5. The Morgan fingerprint density at radius 1 is 1.17 bits per heavy atom. The van der Waals surface area contributed by atoms with Crippen molar-refractivity contribution in [3.63, 3.8) is 0 Å². The highest BCUT2D eigenvalue weighted by Gasteiger charge is 2.15. The number of benzene rings is 1. The van der Waals surface area contributed by atoms with Gasteiger partial charge in [0, 0.05) is 12.1 Å². The van der Waals surface area contributed by atoms with Crippen molar-refractivity contribution >= 4 is 17.4 Å². The minimum absolute atomic E-state index is 0.142. The minimum atomic E-state index is -0.531. The summed E-state index contributed by atoms with van der Waals surface area (Å²) >= 11 is 1.22. The van der Waals surface area contributed by atoms with E-state index in [1.54, 1.807) is 0 Å². The average molecular weight is 328 g/mol. The van der Waals surface area contributed by atoms with Crippen LogP contribution in [0.25, 0.3) is 11.4 Å². The molecule has 0 N–H and O–H groups in total. The summed E-state index contributed by atoms with van der Waals surface area (Å²) in [5, 5.41) is 20.1. The Balaban J connectivity index is 1.89. The summed E-state index contributed by atoms with van der Waals surface area (Å²) in [6.45, 7) is 2.68. The molecule has 0 amide bonds. The van der Waals surface area contributed by atoms with E-state index in [4.69, 9.17) is 0 Å². The standard InChI is InChI=1S/C14H12N6O2S/c1-2-19-12(10-6-4-3-5-7-10)17-18-14(19)23-13-15-8-11(9-16-13)20(21)22/h3-9H,2H2,1H3. The summed E-state index contributed by atoms with van der Waals surface area (Å²) < 4.78 is 1.95. The third-order valence-corrected chi connectivity index (χ3v) is 3.95. The van der Waals surface area contributed by atoms with Gasteiger partial charge in [-0.25, -0.2) is 9.97 Å². The highest BCUT2D eigenvalue weighted by Crippen LogP contribution is 2.27. The lowest BCUT2D eigenvalue weighted by Gasteiger charge is -2.06. The second-order valence-corrected chi connectivity index (χ2v) is 5.43. The molecule has 0 saturated heterocycles. The SMILES string of the molecule is CCn1c(Sc2ncc([N+](=O)[O-])cn2)nnc1-c1ccccc1. The second kappa shape index (κ2) is 6.53. The molecule has 8 nitrogen and oxygen atoms in total. The molecule has 0 fully saturated rings. The first-order valence-electron chi connectivity index (χ1n) is 6.82. The first-order chi connectivity index (χ1) is 11.2. The average Bonchev–Trinajstić information content (AvgIpc) is 2.98. The Bertz CT molecular complexity index is 819. The van der Waals surface area contributed by atoms with Gasteiger partial charge in [0.15, 0.2) is 16.1 Å². The first-order valence-corrected chi connectivity index (χ1v) is 7.63. The fourth-order valence-electron chi connectivity index (χ4n) is 1.99. The maximum absolute atomic E-state index is 10.6. The van der Waals surface area contributed by atoms with Crippen LogP contribution in [0.1, 0.15) is 6.92 Å². The molecule has 3 rings (SSSR count). The molecule has 3 aromatic rings. The van der Waals surface area contributed by atoms with Crippen LogP contribution in [0.4, 0.5) is 5.69 Å². The molecule has 2 aromatic heterocycles. The van der Waals surface area contributed by atoms with Crippen molar-refractivity contribution in [2.24, 2.45) is 0 Å². The van der Waals surface area contributed by atoms with Crippen molar-refractivity contribution in [2.45, 2.75) is 23.8 Å². The van der Waals surface area contributed by atoms with Gasteiger partial charge in [0.05, 0.1) is 4.92 Å². The molecule has 0 bridgehead atoms. The van der Waals surface area contributed by atoms with Crippen LogP contribution < -0.4 is 0 Å². The van der Waals surface area contributed by atoms with E-state index in [0.717, 1.165) is 11.4 Å². The molecule has 0 radical (unpaired) electrons. The Morgan fingerprint density at radius 2 is 1.87 bits per heavy atom. The zero-order valence-corrected chi connectivity index (χ0v) is 13.0. The molecule has 0 aliphatic rings. The van der Waals surface area contributed by atoms with Crippen LogP contribution in [-0.4, -0.2) is 29.7 Å². The summed E-state index contributed by atoms with van der Waals surface area (Å²) in [5.41, 5.74) is 0.828. The van der Waals surface area contributed by atoms with E-state index in [1.165, 1.54) is 24.2 Å². The molecule has 2 heterocycles. The summed E-state index contributed by atoms with van der Waals surface area (Å²) in [7, 11) is 0. The van der Waals surface area contributed by atoms with E-state index in [-0.39, 0.29) is 5.69 Å². The predicted octanol–water partition coefficient (Wildman–Crippen LogP) is 2.81. The number of rotatable bonds is 5. The van der Waals surface area contributed by atoms with Gasteiger partial charge in [0.1, 0.15) is 12.4 Å². The van der Waals surface area contributed by atoms with Crippen molar-refractivity contribution in [3.8, 4) is 11.4 Å². The Labute approximate surface area is 135 Å². The normalized spacial score (nSPS) is 10.7. The van der Waals surface area contributed by atoms with Crippen LogP contribution >= 0.6 is 11.8 Å². The van der Waals surface area contributed by atoms with Gasteiger partial charge in [-0.15, -0.1) is 10.2 Å². The zero-order chi connectivity index (χ0) is 16.2. The predicted molar refractivity (Wildman–Crippen MR) is 83.9 cm³/mol. The smallest absolute Gasteiger partial charge is 0.302 e. The number of hydrogen-bond donors (Lipinski definition) is 0. The Morgan fingerprint density at radius 3 is 2.48 bits per heavy atom. The van der Waals surface area contributed by atoms with Crippen LogP contribution in [0.5, 0.6) is 0 Å². The minimum Gasteiger partial charge on any atom is -0.302 e. The quantitative estimate of drug-likeness (QED) is 0.403. The largest absolute Gasteiger partial charge is 0.305 e. The Hall–Kier alpha value is -2.81. The molecule has 0 saturated carbocycles. The highest BCUT2D eigenvalue weighted by atomic mass is 32.2. The number of nitrogens with zero attached hydrogens (tertiary/aromatic N) is 6. The van der Waals surface area contributed by atoms with Gasteiger partial charge >= 0.3 is 5.69 Å². The van der Waals surface area contributed by atoms with E-state index in [1.807, 2.05) is 41.8 Å². The van der Waals surface area contributed by atoms with Crippen LogP contribution in [0.3, 0.4) is 0 Å². The van der Waals surface area contributed by atoms with Crippen LogP contribution in [0.2, 0.25) is 0 Å². The molecule has 9 heteroatoms. The van der Waals surface area contributed by atoms with Crippen LogP contribution in [0.15, 0.2) is 53.0 Å². The summed E-state index contributed by atoms with van der Waals surface area (Å²) in [4.78, 5) is 18.1. The molecule has 1 aromatic carbocycles. The summed E-state index contributed by atoms with van der Waals surface area (Å²) in [6.07, 6.45) is 2.36. The third kappa shape index (κ3) is 3.19. The van der Waals surface area contributed by atoms with Crippen molar-refractivity contribution < 1.29 is 4.92 Å².